The lowest BCUT2D eigenvalue weighted by molar-refractivity contribution is 0.679. The van der Waals surface area contributed by atoms with E-state index in [0.717, 1.165) is 10.9 Å². The van der Waals surface area contributed by atoms with E-state index in [1.165, 1.54) is 0 Å². The van der Waals surface area contributed by atoms with Crippen molar-refractivity contribution in [2.75, 3.05) is 23.5 Å². The van der Waals surface area contributed by atoms with Gasteiger partial charge in [-0.2, -0.15) is 4.98 Å². The Bertz CT molecular complexity index is 604. The number of para-hydroxylation sites is 1. The van der Waals surface area contributed by atoms with Crippen LogP contribution >= 0.6 is 0 Å². The van der Waals surface area contributed by atoms with Crippen molar-refractivity contribution in [2.24, 2.45) is 5.84 Å². The molecule has 0 radical (unpaired) electrons. The molecule has 0 fully saturated rings. The van der Waals surface area contributed by atoms with Crippen molar-refractivity contribution in [1.82, 2.24) is 9.97 Å². The molecule has 2 aromatic rings. The number of hydrogen-bond acceptors (Lipinski definition) is 6. The fraction of sp³-hybridized carbons (Fsp3) is 0.333. The summed E-state index contributed by atoms with van der Waals surface area (Å²) < 4.78 is 11.4. The summed E-state index contributed by atoms with van der Waals surface area (Å²) in [5.74, 6) is 6.41. The van der Waals surface area contributed by atoms with E-state index >= 15 is 0 Å². The summed E-state index contributed by atoms with van der Waals surface area (Å²) in [6.45, 7) is 2.50. The number of anilines is 2. The molecule has 4 N–H and O–H groups in total. The van der Waals surface area contributed by atoms with E-state index in [1.54, 1.807) is 6.26 Å². The van der Waals surface area contributed by atoms with E-state index in [9.17, 15) is 4.21 Å². The summed E-state index contributed by atoms with van der Waals surface area (Å²) in [6.07, 6.45) is 1.69. The van der Waals surface area contributed by atoms with Crippen LogP contribution in [0.5, 0.6) is 0 Å². The van der Waals surface area contributed by atoms with Crippen LogP contribution in [-0.2, 0) is 10.8 Å². The molecule has 0 aliphatic rings. The molecule has 0 bridgehead atoms. The topological polar surface area (TPSA) is 92.9 Å². The zero-order valence-corrected chi connectivity index (χ0v) is 11.7. The fourth-order valence-electron chi connectivity index (χ4n) is 1.63. The maximum atomic E-state index is 11.4. The van der Waals surface area contributed by atoms with Crippen LogP contribution < -0.4 is 16.6 Å². The van der Waals surface area contributed by atoms with Crippen molar-refractivity contribution >= 4 is 33.5 Å². The Hall–Kier alpha value is -1.73. The zero-order valence-electron chi connectivity index (χ0n) is 10.9. The van der Waals surface area contributed by atoms with Crippen molar-refractivity contribution < 1.29 is 4.21 Å². The first kappa shape index (κ1) is 13.7. The van der Waals surface area contributed by atoms with E-state index in [2.05, 4.69) is 20.7 Å². The summed E-state index contributed by atoms with van der Waals surface area (Å²) in [6, 6.07) is 7.66. The third kappa shape index (κ3) is 3.18. The molecule has 2 rings (SSSR count). The molecule has 0 amide bonds. The Morgan fingerprint density at radius 2 is 2.11 bits per heavy atom. The first-order chi connectivity index (χ1) is 9.11. The van der Waals surface area contributed by atoms with Crippen LogP contribution in [0.15, 0.2) is 24.3 Å². The molecular weight excluding hydrogens is 262 g/mol. The standard InChI is InChI=1S/C12H17N5OS/c1-8(19(2)18)7-14-11-9-5-3-4-6-10(9)15-12(16-11)17-13/h3-6,8H,7,13H2,1-2H3,(H2,14,15,16,17). The van der Waals surface area contributed by atoms with Crippen molar-refractivity contribution in [3.8, 4) is 0 Å². The van der Waals surface area contributed by atoms with Gasteiger partial charge in [0.25, 0.3) is 0 Å². The van der Waals surface area contributed by atoms with Crippen LogP contribution in [0, 0.1) is 0 Å². The van der Waals surface area contributed by atoms with Crippen molar-refractivity contribution in [1.29, 1.82) is 0 Å². The Kier molecular flexibility index (Phi) is 4.28. The summed E-state index contributed by atoms with van der Waals surface area (Å²) in [5, 5.41) is 4.16. The van der Waals surface area contributed by atoms with Gasteiger partial charge in [0.2, 0.25) is 5.95 Å². The largest absolute Gasteiger partial charge is 0.368 e. The normalized spacial score (nSPS) is 14.1. The number of aromatic nitrogens is 2. The maximum absolute atomic E-state index is 11.4. The van der Waals surface area contributed by atoms with Crippen LogP contribution in [0.4, 0.5) is 11.8 Å². The highest BCUT2D eigenvalue weighted by atomic mass is 32.2. The Morgan fingerprint density at radius 3 is 2.79 bits per heavy atom. The molecule has 1 aromatic carbocycles. The average molecular weight is 279 g/mol. The molecule has 1 heterocycles. The lowest BCUT2D eigenvalue weighted by atomic mass is 10.2. The molecule has 0 aliphatic carbocycles. The smallest absolute Gasteiger partial charge is 0.239 e. The van der Waals surface area contributed by atoms with Gasteiger partial charge in [-0.1, -0.05) is 12.1 Å². The highest BCUT2D eigenvalue weighted by Crippen LogP contribution is 2.21. The van der Waals surface area contributed by atoms with Crippen LogP contribution in [0.3, 0.4) is 0 Å². The average Bonchev–Trinajstić information content (AvgIpc) is 2.43. The first-order valence-corrected chi connectivity index (χ1v) is 7.53. The van der Waals surface area contributed by atoms with Gasteiger partial charge in [0.15, 0.2) is 0 Å². The highest BCUT2D eigenvalue weighted by Gasteiger charge is 2.10. The Labute approximate surface area is 114 Å². The Morgan fingerprint density at radius 1 is 1.37 bits per heavy atom. The van der Waals surface area contributed by atoms with Gasteiger partial charge in [0.05, 0.1) is 5.52 Å². The quantitative estimate of drug-likeness (QED) is 0.560. The number of hydrazine groups is 1. The number of nitrogens with one attached hydrogen (secondary N) is 2. The predicted octanol–water partition coefficient (Wildman–Crippen LogP) is 1.09. The number of nitrogen functional groups attached to an aromatic ring is 1. The van der Waals surface area contributed by atoms with Gasteiger partial charge in [-0.3, -0.25) is 9.63 Å². The summed E-state index contributed by atoms with van der Waals surface area (Å²) in [5.41, 5.74) is 3.25. The van der Waals surface area contributed by atoms with Gasteiger partial charge < -0.3 is 5.32 Å². The van der Waals surface area contributed by atoms with Gasteiger partial charge in [-0.25, -0.2) is 10.8 Å². The molecule has 2 unspecified atom stereocenters. The molecule has 0 saturated heterocycles. The minimum atomic E-state index is -0.871. The van der Waals surface area contributed by atoms with Gasteiger partial charge >= 0.3 is 0 Å². The summed E-state index contributed by atoms with van der Waals surface area (Å²) in [4.78, 5) is 8.56. The number of fused-ring (bicyclic) bond motifs is 1. The molecule has 19 heavy (non-hydrogen) atoms. The van der Waals surface area contributed by atoms with Crippen LogP contribution in [0.1, 0.15) is 6.92 Å². The van der Waals surface area contributed by atoms with Gasteiger partial charge in [-0.05, 0) is 19.1 Å². The van der Waals surface area contributed by atoms with Gasteiger partial charge in [0.1, 0.15) is 5.82 Å². The van der Waals surface area contributed by atoms with E-state index in [1.807, 2.05) is 31.2 Å². The number of hydrogen-bond donors (Lipinski definition) is 3. The monoisotopic (exact) mass is 279 g/mol. The first-order valence-electron chi connectivity index (χ1n) is 5.91. The van der Waals surface area contributed by atoms with E-state index in [-0.39, 0.29) is 5.25 Å². The highest BCUT2D eigenvalue weighted by molar-refractivity contribution is 7.84. The van der Waals surface area contributed by atoms with Crippen molar-refractivity contribution in [2.45, 2.75) is 12.2 Å². The van der Waals surface area contributed by atoms with Crippen LogP contribution in [0.2, 0.25) is 0 Å². The fourth-order valence-corrected chi connectivity index (χ4v) is 1.95. The molecule has 102 valence electrons. The van der Waals surface area contributed by atoms with Crippen molar-refractivity contribution in [3.05, 3.63) is 24.3 Å². The lowest BCUT2D eigenvalue weighted by Crippen LogP contribution is -2.21. The van der Waals surface area contributed by atoms with Crippen LogP contribution in [0.25, 0.3) is 10.9 Å². The van der Waals surface area contributed by atoms with Crippen molar-refractivity contribution in [3.63, 3.8) is 0 Å². The minimum absolute atomic E-state index is 0.0445. The number of rotatable bonds is 5. The zero-order chi connectivity index (χ0) is 13.8. The van der Waals surface area contributed by atoms with E-state index < -0.39 is 10.8 Å². The van der Waals surface area contributed by atoms with Gasteiger partial charge in [0, 0.05) is 34.2 Å². The lowest BCUT2D eigenvalue weighted by Gasteiger charge is -2.13. The number of benzene rings is 1. The minimum Gasteiger partial charge on any atom is -0.368 e. The van der Waals surface area contributed by atoms with Gasteiger partial charge in [-0.15, -0.1) is 0 Å². The second-order valence-corrected chi connectivity index (χ2v) is 6.05. The molecule has 0 aliphatic heterocycles. The number of nitrogens with two attached hydrogens (primary N) is 1. The molecule has 6 nitrogen and oxygen atoms in total. The summed E-state index contributed by atoms with van der Waals surface area (Å²) >= 11 is 0. The third-order valence-electron chi connectivity index (χ3n) is 2.86. The third-order valence-corrected chi connectivity index (χ3v) is 4.16. The second kappa shape index (κ2) is 5.94. The maximum Gasteiger partial charge on any atom is 0.239 e. The van der Waals surface area contributed by atoms with E-state index in [4.69, 9.17) is 5.84 Å². The SMILES string of the molecule is CC(CNc1nc(NN)nc2ccccc12)S(C)=O. The molecular formula is C12H17N5OS. The summed E-state index contributed by atoms with van der Waals surface area (Å²) in [7, 11) is -0.871. The molecule has 0 saturated carbocycles. The van der Waals surface area contributed by atoms with Crippen LogP contribution in [-0.4, -0.2) is 32.2 Å². The molecule has 2 atom stereocenters. The van der Waals surface area contributed by atoms with E-state index in [0.29, 0.717) is 18.3 Å². The predicted molar refractivity (Wildman–Crippen MR) is 79.4 cm³/mol. The molecule has 1 aromatic heterocycles. The number of nitrogens with zero attached hydrogens (tertiary/aromatic N) is 2. The molecule has 7 heteroatoms. The molecule has 0 spiro atoms. The Balaban J connectivity index is 2.32. The second-order valence-electron chi connectivity index (χ2n) is 4.25.